The summed E-state index contributed by atoms with van der Waals surface area (Å²) in [5.41, 5.74) is 2.19. The van der Waals surface area contributed by atoms with Gasteiger partial charge in [-0.1, -0.05) is 29.8 Å². The molecule has 3 rings (SSSR count). The fraction of sp³-hybridized carbons (Fsp3) is 0. The van der Waals surface area contributed by atoms with Gasteiger partial charge in [0.1, 0.15) is 5.01 Å². The van der Waals surface area contributed by atoms with E-state index in [0.717, 1.165) is 10.6 Å². The maximum Gasteiger partial charge on any atom is 0.255 e. The number of halogens is 1. The van der Waals surface area contributed by atoms with E-state index in [-0.39, 0.29) is 5.91 Å². The molecular formula is C16H11ClN2OS. The summed E-state index contributed by atoms with van der Waals surface area (Å²) >= 11 is 7.45. The van der Waals surface area contributed by atoms with Crippen LogP contribution in [0.2, 0.25) is 5.02 Å². The van der Waals surface area contributed by atoms with Crippen molar-refractivity contribution in [1.82, 2.24) is 4.98 Å². The van der Waals surface area contributed by atoms with Crippen LogP contribution in [0.15, 0.2) is 60.1 Å². The Kier molecular flexibility index (Phi) is 3.99. The number of hydrogen-bond donors (Lipinski definition) is 1. The average molecular weight is 315 g/mol. The summed E-state index contributed by atoms with van der Waals surface area (Å²) in [6.07, 6.45) is 1.75. The largest absolute Gasteiger partial charge is 0.322 e. The number of anilines is 1. The third-order valence-corrected chi connectivity index (χ3v) is 3.94. The van der Waals surface area contributed by atoms with Gasteiger partial charge in [-0.05, 0) is 30.3 Å². The Morgan fingerprint density at radius 2 is 2.00 bits per heavy atom. The number of benzene rings is 2. The first kappa shape index (κ1) is 13.8. The monoisotopic (exact) mass is 314 g/mol. The standard InChI is InChI=1S/C16H11ClN2OS/c17-13-5-2-6-14(10-13)19-15(20)11-3-1-4-12(9-11)16-18-7-8-21-16/h1-10H,(H,19,20). The molecule has 2 aromatic carbocycles. The van der Waals surface area contributed by atoms with Gasteiger partial charge in [0.15, 0.2) is 0 Å². The number of rotatable bonds is 3. The van der Waals surface area contributed by atoms with Crippen LogP contribution >= 0.6 is 22.9 Å². The van der Waals surface area contributed by atoms with E-state index in [0.29, 0.717) is 16.3 Å². The highest BCUT2D eigenvalue weighted by Crippen LogP contribution is 2.23. The number of nitrogens with zero attached hydrogens (tertiary/aromatic N) is 1. The van der Waals surface area contributed by atoms with E-state index in [1.807, 2.05) is 23.6 Å². The topological polar surface area (TPSA) is 42.0 Å². The summed E-state index contributed by atoms with van der Waals surface area (Å²) in [5.74, 6) is -0.171. The van der Waals surface area contributed by atoms with Crippen LogP contribution in [0.5, 0.6) is 0 Å². The summed E-state index contributed by atoms with van der Waals surface area (Å²) in [5, 5.41) is 6.23. The van der Waals surface area contributed by atoms with Crippen molar-refractivity contribution in [3.05, 3.63) is 70.7 Å². The number of carbonyl (C=O) groups is 1. The second kappa shape index (κ2) is 6.08. The van der Waals surface area contributed by atoms with Gasteiger partial charge in [-0.25, -0.2) is 4.98 Å². The van der Waals surface area contributed by atoms with Crippen molar-refractivity contribution in [2.24, 2.45) is 0 Å². The molecule has 0 radical (unpaired) electrons. The van der Waals surface area contributed by atoms with E-state index in [9.17, 15) is 4.79 Å². The molecule has 0 aliphatic carbocycles. The molecule has 1 heterocycles. The second-order valence-electron chi connectivity index (χ2n) is 4.38. The van der Waals surface area contributed by atoms with Gasteiger partial charge < -0.3 is 5.32 Å². The third kappa shape index (κ3) is 3.29. The van der Waals surface area contributed by atoms with Crippen molar-refractivity contribution in [1.29, 1.82) is 0 Å². The van der Waals surface area contributed by atoms with Crippen LogP contribution in [0.1, 0.15) is 10.4 Å². The normalized spacial score (nSPS) is 10.3. The molecule has 0 aliphatic heterocycles. The lowest BCUT2D eigenvalue weighted by atomic mass is 10.1. The smallest absolute Gasteiger partial charge is 0.255 e. The van der Waals surface area contributed by atoms with Gasteiger partial charge in [0, 0.05) is 33.4 Å². The maximum absolute atomic E-state index is 12.3. The molecule has 1 aromatic heterocycles. The lowest BCUT2D eigenvalue weighted by Crippen LogP contribution is -2.11. The first-order chi connectivity index (χ1) is 10.2. The zero-order valence-corrected chi connectivity index (χ0v) is 12.5. The summed E-state index contributed by atoms with van der Waals surface area (Å²) in [4.78, 5) is 16.5. The van der Waals surface area contributed by atoms with E-state index in [4.69, 9.17) is 11.6 Å². The molecule has 0 atom stereocenters. The van der Waals surface area contributed by atoms with Crippen molar-refractivity contribution in [2.45, 2.75) is 0 Å². The van der Waals surface area contributed by atoms with Crippen LogP contribution < -0.4 is 5.32 Å². The van der Waals surface area contributed by atoms with Crippen LogP contribution in [0.3, 0.4) is 0 Å². The number of aromatic nitrogens is 1. The maximum atomic E-state index is 12.3. The van der Waals surface area contributed by atoms with Gasteiger partial charge in [-0.3, -0.25) is 4.79 Å². The third-order valence-electron chi connectivity index (χ3n) is 2.89. The SMILES string of the molecule is O=C(Nc1cccc(Cl)c1)c1cccc(-c2nccs2)c1. The molecule has 5 heteroatoms. The predicted octanol–water partition coefficient (Wildman–Crippen LogP) is 4.72. The Morgan fingerprint density at radius 1 is 1.14 bits per heavy atom. The van der Waals surface area contributed by atoms with Gasteiger partial charge in [-0.15, -0.1) is 11.3 Å². The highest BCUT2D eigenvalue weighted by atomic mass is 35.5. The molecule has 1 N–H and O–H groups in total. The molecule has 21 heavy (non-hydrogen) atoms. The van der Waals surface area contributed by atoms with Crippen LogP contribution in [-0.4, -0.2) is 10.9 Å². The molecule has 104 valence electrons. The average Bonchev–Trinajstić information content (AvgIpc) is 3.02. The minimum Gasteiger partial charge on any atom is -0.322 e. The van der Waals surface area contributed by atoms with Gasteiger partial charge in [0.25, 0.3) is 5.91 Å². The minimum absolute atomic E-state index is 0.171. The quantitative estimate of drug-likeness (QED) is 0.760. The van der Waals surface area contributed by atoms with Gasteiger partial charge in [0.2, 0.25) is 0 Å². The number of carbonyl (C=O) groups excluding carboxylic acids is 1. The Bertz CT molecular complexity index is 771. The zero-order chi connectivity index (χ0) is 14.7. The van der Waals surface area contributed by atoms with Gasteiger partial charge >= 0.3 is 0 Å². The van der Waals surface area contributed by atoms with Gasteiger partial charge in [-0.2, -0.15) is 0 Å². The first-order valence-electron chi connectivity index (χ1n) is 6.29. The number of amides is 1. The molecule has 0 spiro atoms. The molecule has 0 unspecified atom stereocenters. The first-order valence-corrected chi connectivity index (χ1v) is 7.55. The Labute approximate surface area is 131 Å². The molecule has 0 fully saturated rings. The van der Waals surface area contributed by atoms with Crippen LogP contribution in [0.4, 0.5) is 5.69 Å². The van der Waals surface area contributed by atoms with Crippen molar-refractivity contribution < 1.29 is 4.79 Å². The molecule has 3 nitrogen and oxygen atoms in total. The van der Waals surface area contributed by atoms with Crippen molar-refractivity contribution in [3.63, 3.8) is 0 Å². The van der Waals surface area contributed by atoms with Crippen molar-refractivity contribution >= 4 is 34.5 Å². The lowest BCUT2D eigenvalue weighted by Gasteiger charge is -2.06. The Balaban J connectivity index is 1.83. The van der Waals surface area contributed by atoms with E-state index in [1.165, 1.54) is 0 Å². The Hall–Kier alpha value is -2.17. The fourth-order valence-electron chi connectivity index (χ4n) is 1.93. The molecular weight excluding hydrogens is 304 g/mol. The summed E-state index contributed by atoms with van der Waals surface area (Å²) in [6.45, 7) is 0. The van der Waals surface area contributed by atoms with Crippen LogP contribution in [-0.2, 0) is 0 Å². The molecule has 3 aromatic rings. The minimum atomic E-state index is -0.171. The predicted molar refractivity (Wildman–Crippen MR) is 87.0 cm³/mol. The summed E-state index contributed by atoms with van der Waals surface area (Å²) < 4.78 is 0. The number of nitrogens with one attached hydrogen (secondary N) is 1. The fourth-order valence-corrected chi connectivity index (χ4v) is 2.75. The molecule has 1 amide bonds. The highest BCUT2D eigenvalue weighted by molar-refractivity contribution is 7.13. The number of thiazole rings is 1. The zero-order valence-electron chi connectivity index (χ0n) is 10.9. The van der Waals surface area contributed by atoms with Crippen molar-refractivity contribution in [3.8, 4) is 10.6 Å². The van der Waals surface area contributed by atoms with E-state index < -0.39 is 0 Å². The molecule has 0 saturated carbocycles. The van der Waals surface area contributed by atoms with Crippen molar-refractivity contribution in [2.75, 3.05) is 5.32 Å². The summed E-state index contributed by atoms with van der Waals surface area (Å²) in [7, 11) is 0. The van der Waals surface area contributed by atoms with E-state index in [1.54, 1.807) is 47.9 Å². The molecule has 0 aliphatic rings. The van der Waals surface area contributed by atoms with E-state index in [2.05, 4.69) is 10.3 Å². The lowest BCUT2D eigenvalue weighted by molar-refractivity contribution is 0.102. The summed E-state index contributed by atoms with van der Waals surface area (Å²) in [6, 6.07) is 14.5. The number of hydrogen-bond acceptors (Lipinski definition) is 3. The molecule has 0 saturated heterocycles. The van der Waals surface area contributed by atoms with Crippen LogP contribution in [0, 0.1) is 0 Å². The Morgan fingerprint density at radius 3 is 2.76 bits per heavy atom. The van der Waals surface area contributed by atoms with E-state index >= 15 is 0 Å². The van der Waals surface area contributed by atoms with Gasteiger partial charge in [0.05, 0.1) is 0 Å². The molecule has 0 bridgehead atoms. The highest BCUT2D eigenvalue weighted by Gasteiger charge is 2.08. The second-order valence-corrected chi connectivity index (χ2v) is 5.71. The van der Waals surface area contributed by atoms with Crippen LogP contribution in [0.25, 0.3) is 10.6 Å².